The Kier molecular flexibility index (Phi) is 2.39. The molecule has 2 aliphatic rings. The van der Waals surface area contributed by atoms with Crippen LogP contribution in [0.1, 0.15) is 17.5 Å². The lowest BCUT2D eigenvalue weighted by Gasteiger charge is -2.59. The largest absolute Gasteiger partial charge is 0.197 e. The minimum atomic E-state index is -0.825. The summed E-state index contributed by atoms with van der Waals surface area (Å²) in [5.74, 6) is 0.00616. The standard InChI is InChI=1S/C20H14N2/c1-2-14-11-19(12-21)17-9-5-3-7-15(17)16-8-4-6-10-18(16)20(14,19)13-22/h2-10,14H,1,11H2/t14-,19+,20+/m0/s1. The normalized spacial score (nSPS) is 30.5. The van der Waals surface area contributed by atoms with Gasteiger partial charge in [0.2, 0.25) is 0 Å². The van der Waals surface area contributed by atoms with E-state index in [1.54, 1.807) is 0 Å². The first-order valence-electron chi connectivity index (χ1n) is 7.39. The first-order valence-corrected chi connectivity index (χ1v) is 7.39. The van der Waals surface area contributed by atoms with Gasteiger partial charge in [-0.2, -0.15) is 10.5 Å². The first-order chi connectivity index (χ1) is 10.7. The molecule has 0 saturated heterocycles. The van der Waals surface area contributed by atoms with Crippen molar-refractivity contribution in [1.82, 2.24) is 0 Å². The molecule has 0 aliphatic heterocycles. The predicted molar refractivity (Wildman–Crippen MR) is 84.8 cm³/mol. The summed E-state index contributed by atoms with van der Waals surface area (Å²) in [6.45, 7) is 3.90. The number of nitrogens with zero attached hydrogens (tertiary/aromatic N) is 2. The summed E-state index contributed by atoms with van der Waals surface area (Å²) in [5.41, 5.74) is 2.50. The lowest BCUT2D eigenvalue weighted by atomic mass is 9.38. The Labute approximate surface area is 129 Å². The van der Waals surface area contributed by atoms with Crippen molar-refractivity contribution in [2.45, 2.75) is 17.3 Å². The summed E-state index contributed by atoms with van der Waals surface area (Å²) >= 11 is 0. The molecule has 2 nitrogen and oxygen atoms in total. The zero-order chi connectivity index (χ0) is 15.4. The fraction of sp³-hybridized carbons (Fsp3) is 0.200. The number of hydrogen-bond acceptors (Lipinski definition) is 2. The van der Waals surface area contributed by atoms with E-state index in [0.29, 0.717) is 6.42 Å². The minimum absolute atomic E-state index is 0.00616. The van der Waals surface area contributed by atoms with E-state index in [1.807, 2.05) is 48.5 Å². The third-order valence-corrected chi connectivity index (χ3v) is 5.44. The molecule has 0 N–H and O–H groups in total. The van der Waals surface area contributed by atoms with Gasteiger partial charge in [0.05, 0.1) is 12.1 Å². The van der Waals surface area contributed by atoms with Gasteiger partial charge in [-0.3, -0.25) is 0 Å². The van der Waals surface area contributed by atoms with Gasteiger partial charge < -0.3 is 0 Å². The van der Waals surface area contributed by atoms with E-state index >= 15 is 0 Å². The van der Waals surface area contributed by atoms with Crippen molar-refractivity contribution in [3.8, 4) is 23.3 Å². The summed E-state index contributed by atoms with van der Waals surface area (Å²) < 4.78 is 0. The summed E-state index contributed by atoms with van der Waals surface area (Å²) in [6, 6.07) is 21.0. The fourth-order valence-corrected chi connectivity index (χ4v) is 4.43. The molecule has 4 rings (SSSR count). The second-order valence-electron chi connectivity index (χ2n) is 6.07. The Morgan fingerprint density at radius 1 is 0.955 bits per heavy atom. The molecule has 2 aromatic rings. The van der Waals surface area contributed by atoms with Gasteiger partial charge in [-0.25, -0.2) is 0 Å². The van der Waals surface area contributed by atoms with Gasteiger partial charge in [0.25, 0.3) is 0 Å². The topological polar surface area (TPSA) is 47.6 Å². The Bertz CT molecular complexity index is 883. The average Bonchev–Trinajstić information content (AvgIpc) is 2.56. The second kappa shape index (κ2) is 4.09. The summed E-state index contributed by atoms with van der Waals surface area (Å²) in [5, 5.41) is 20.1. The molecule has 104 valence electrons. The van der Waals surface area contributed by atoms with Gasteiger partial charge >= 0.3 is 0 Å². The van der Waals surface area contributed by atoms with Crippen LogP contribution in [0.5, 0.6) is 0 Å². The van der Waals surface area contributed by atoms with Crippen molar-refractivity contribution in [2.24, 2.45) is 5.92 Å². The average molecular weight is 282 g/mol. The van der Waals surface area contributed by atoms with Crippen molar-refractivity contribution in [2.75, 3.05) is 0 Å². The molecular formula is C20H14N2. The lowest BCUT2D eigenvalue weighted by molar-refractivity contribution is 0.114. The zero-order valence-electron chi connectivity index (χ0n) is 12.1. The number of rotatable bonds is 1. The molecule has 2 aromatic carbocycles. The Morgan fingerprint density at radius 3 is 2.14 bits per heavy atom. The first kappa shape index (κ1) is 12.9. The maximum absolute atomic E-state index is 10.1. The maximum Gasteiger partial charge on any atom is 0.112 e. The van der Waals surface area contributed by atoms with Crippen LogP contribution in [0.2, 0.25) is 0 Å². The zero-order valence-corrected chi connectivity index (χ0v) is 12.1. The lowest BCUT2D eigenvalue weighted by Crippen LogP contribution is -2.64. The van der Waals surface area contributed by atoms with Crippen LogP contribution in [-0.2, 0) is 10.8 Å². The van der Waals surface area contributed by atoms with E-state index in [2.05, 4.69) is 24.8 Å². The number of hydrogen-bond donors (Lipinski definition) is 0. The van der Waals surface area contributed by atoms with Crippen molar-refractivity contribution in [1.29, 1.82) is 10.5 Å². The Hall–Kier alpha value is -2.84. The molecule has 22 heavy (non-hydrogen) atoms. The van der Waals surface area contributed by atoms with E-state index < -0.39 is 10.8 Å². The van der Waals surface area contributed by atoms with Crippen molar-refractivity contribution >= 4 is 0 Å². The Morgan fingerprint density at radius 2 is 1.55 bits per heavy atom. The highest BCUT2D eigenvalue weighted by molar-refractivity contribution is 5.82. The molecule has 3 atom stereocenters. The second-order valence-corrected chi connectivity index (χ2v) is 6.07. The fourth-order valence-electron chi connectivity index (χ4n) is 4.43. The van der Waals surface area contributed by atoms with Crippen LogP contribution in [0.3, 0.4) is 0 Å². The van der Waals surface area contributed by atoms with Gasteiger partial charge in [-0.1, -0.05) is 54.6 Å². The molecule has 0 radical (unpaired) electrons. The van der Waals surface area contributed by atoms with Crippen molar-refractivity contribution < 1.29 is 0 Å². The van der Waals surface area contributed by atoms with E-state index in [1.165, 1.54) is 0 Å². The molecule has 0 aromatic heterocycles. The molecule has 0 bridgehead atoms. The van der Waals surface area contributed by atoms with Crippen LogP contribution in [-0.4, -0.2) is 0 Å². The summed E-state index contributed by atoms with van der Waals surface area (Å²) in [7, 11) is 0. The molecule has 0 heterocycles. The van der Waals surface area contributed by atoms with Gasteiger partial charge in [-0.05, 0) is 28.7 Å². The molecule has 0 unspecified atom stereocenters. The third kappa shape index (κ3) is 1.12. The van der Waals surface area contributed by atoms with Crippen molar-refractivity contribution in [3.63, 3.8) is 0 Å². The minimum Gasteiger partial charge on any atom is -0.197 e. The number of allylic oxidation sites excluding steroid dienone is 1. The van der Waals surface area contributed by atoms with Crippen molar-refractivity contribution in [3.05, 3.63) is 72.3 Å². The van der Waals surface area contributed by atoms with Crippen LogP contribution in [0, 0.1) is 28.6 Å². The molecule has 2 aliphatic carbocycles. The van der Waals surface area contributed by atoms with E-state index in [4.69, 9.17) is 0 Å². The summed E-state index contributed by atoms with van der Waals surface area (Å²) in [4.78, 5) is 0. The SMILES string of the molecule is C=C[C@H]1C[C@@]2(C#N)c3ccccc3-c3ccccc3[C@@]12C#N. The van der Waals surface area contributed by atoms with Crippen LogP contribution in [0.25, 0.3) is 11.1 Å². The van der Waals surface area contributed by atoms with E-state index in [9.17, 15) is 10.5 Å². The monoisotopic (exact) mass is 282 g/mol. The summed E-state index contributed by atoms with van der Waals surface area (Å²) in [6.07, 6.45) is 2.50. The van der Waals surface area contributed by atoms with Gasteiger partial charge in [-0.15, -0.1) is 6.58 Å². The van der Waals surface area contributed by atoms with Crippen LogP contribution < -0.4 is 0 Å². The molecule has 0 amide bonds. The third-order valence-electron chi connectivity index (χ3n) is 5.44. The van der Waals surface area contributed by atoms with Gasteiger partial charge in [0.15, 0.2) is 0 Å². The quantitative estimate of drug-likeness (QED) is 0.739. The van der Waals surface area contributed by atoms with E-state index in [0.717, 1.165) is 22.3 Å². The highest BCUT2D eigenvalue weighted by atomic mass is 14.7. The number of fused-ring (bicyclic) bond motifs is 6. The van der Waals surface area contributed by atoms with Gasteiger partial charge in [0.1, 0.15) is 10.8 Å². The highest BCUT2D eigenvalue weighted by Crippen LogP contribution is 2.67. The molecule has 0 spiro atoms. The molecular weight excluding hydrogens is 268 g/mol. The van der Waals surface area contributed by atoms with Crippen LogP contribution in [0.15, 0.2) is 61.2 Å². The molecule has 1 fully saturated rings. The number of nitriles is 2. The maximum atomic E-state index is 10.1. The van der Waals surface area contributed by atoms with Crippen LogP contribution >= 0.6 is 0 Å². The number of benzene rings is 2. The highest BCUT2D eigenvalue weighted by Gasteiger charge is 2.70. The molecule has 2 heteroatoms. The predicted octanol–water partition coefficient (Wildman–Crippen LogP) is 4.10. The van der Waals surface area contributed by atoms with Crippen LogP contribution in [0.4, 0.5) is 0 Å². The van der Waals surface area contributed by atoms with E-state index in [-0.39, 0.29) is 5.92 Å². The van der Waals surface area contributed by atoms with Gasteiger partial charge in [0, 0.05) is 5.92 Å². The smallest absolute Gasteiger partial charge is 0.112 e. The Balaban J connectivity index is 2.18. The molecule has 1 saturated carbocycles.